The number of rotatable bonds is 3. The Kier molecular flexibility index (Phi) is 3.78. The summed E-state index contributed by atoms with van der Waals surface area (Å²) in [6.07, 6.45) is -2.32. The Hall–Kier alpha value is -0.290. The first kappa shape index (κ1) is 11.8. The van der Waals surface area contributed by atoms with Gasteiger partial charge in [-0.15, -0.1) is 0 Å². The van der Waals surface area contributed by atoms with Gasteiger partial charge in [-0.1, -0.05) is 13.8 Å². The van der Waals surface area contributed by atoms with Gasteiger partial charge in [-0.2, -0.15) is 8.78 Å². The van der Waals surface area contributed by atoms with E-state index in [1.54, 1.807) is 11.9 Å². The maximum Gasteiger partial charge on any atom is 0.345 e. The fraction of sp³-hybridized carbons (Fsp3) is 1.00. The summed E-state index contributed by atoms with van der Waals surface area (Å²) in [6.45, 7) is 1.09. The van der Waals surface area contributed by atoms with Crippen molar-refractivity contribution in [2.24, 2.45) is 5.92 Å². The minimum absolute atomic E-state index is 0.0984. The van der Waals surface area contributed by atoms with E-state index in [4.69, 9.17) is 0 Å². The lowest BCUT2D eigenvalue weighted by Gasteiger charge is -2.24. The van der Waals surface area contributed by atoms with Gasteiger partial charge in [0.15, 0.2) is 0 Å². The topological polar surface area (TPSA) is 12.5 Å². The number of likely N-dealkylation sites (tertiary alicyclic amines) is 1. The first-order chi connectivity index (χ1) is 6.43. The van der Waals surface area contributed by atoms with E-state index in [-0.39, 0.29) is 18.5 Å². The monoisotopic (exact) mass is 211 g/mol. The van der Waals surface area contributed by atoms with E-state index in [1.165, 1.54) is 0 Å². The van der Waals surface area contributed by atoms with E-state index in [1.807, 2.05) is 13.8 Å². The van der Waals surface area contributed by atoms with E-state index >= 15 is 0 Å². The highest BCUT2D eigenvalue weighted by Gasteiger charge is 2.43. The van der Waals surface area contributed by atoms with E-state index in [2.05, 4.69) is 4.74 Å². The summed E-state index contributed by atoms with van der Waals surface area (Å²) < 4.78 is 41.7. The van der Waals surface area contributed by atoms with Gasteiger partial charge in [-0.05, 0) is 13.0 Å². The van der Waals surface area contributed by atoms with Crippen LogP contribution in [0, 0.1) is 5.92 Å². The largest absolute Gasteiger partial charge is 0.345 e. The second kappa shape index (κ2) is 4.49. The van der Waals surface area contributed by atoms with Gasteiger partial charge in [0.05, 0.1) is 0 Å². The summed E-state index contributed by atoms with van der Waals surface area (Å²) >= 11 is 0. The molecule has 1 saturated heterocycles. The Labute approximate surface area is 82.0 Å². The Balaban J connectivity index is 2.59. The Morgan fingerprint density at radius 1 is 1.36 bits per heavy atom. The van der Waals surface area contributed by atoms with Gasteiger partial charge in [0.1, 0.15) is 12.3 Å². The van der Waals surface area contributed by atoms with E-state index in [0.29, 0.717) is 0 Å². The normalized spacial score (nSPS) is 34.7. The zero-order chi connectivity index (χ0) is 10.9. The van der Waals surface area contributed by atoms with Crippen LogP contribution in [0.15, 0.2) is 0 Å². The van der Waals surface area contributed by atoms with Crippen LogP contribution in [0.25, 0.3) is 0 Å². The molecule has 0 N–H and O–H groups in total. The van der Waals surface area contributed by atoms with Gasteiger partial charge < -0.3 is 4.74 Å². The highest BCUT2D eigenvalue weighted by atomic mass is 19.3. The second-order valence-corrected chi connectivity index (χ2v) is 4.05. The molecule has 0 aromatic rings. The van der Waals surface area contributed by atoms with Gasteiger partial charge in [-0.3, -0.25) is 4.90 Å². The van der Waals surface area contributed by atoms with Crippen LogP contribution in [-0.2, 0) is 4.74 Å². The standard InChI is InChI=1S/C9H16F3NO/c1-5(2)8-7(10)6(4-13(8)3)14-9(11)12/h5-9H,4H2,1-3H3. The smallest absolute Gasteiger partial charge is 0.315 e. The summed E-state index contributed by atoms with van der Waals surface area (Å²) in [6, 6.07) is -0.321. The molecule has 0 aromatic carbocycles. The molecule has 0 spiro atoms. The van der Waals surface area contributed by atoms with Crippen LogP contribution in [0.3, 0.4) is 0 Å². The average Bonchev–Trinajstić information content (AvgIpc) is 2.25. The van der Waals surface area contributed by atoms with Crippen LogP contribution in [0.2, 0.25) is 0 Å². The minimum Gasteiger partial charge on any atom is -0.315 e. The zero-order valence-corrected chi connectivity index (χ0v) is 8.58. The van der Waals surface area contributed by atoms with Crippen molar-refractivity contribution in [3.05, 3.63) is 0 Å². The molecule has 0 aliphatic carbocycles. The number of halogens is 3. The van der Waals surface area contributed by atoms with Crippen LogP contribution in [0.4, 0.5) is 13.2 Å². The fourth-order valence-electron chi connectivity index (χ4n) is 2.10. The van der Waals surface area contributed by atoms with Gasteiger partial charge in [0.2, 0.25) is 0 Å². The summed E-state index contributed by atoms with van der Waals surface area (Å²) in [5, 5.41) is 0. The van der Waals surface area contributed by atoms with Crippen molar-refractivity contribution in [2.45, 2.75) is 38.8 Å². The number of alkyl halides is 3. The average molecular weight is 211 g/mol. The van der Waals surface area contributed by atoms with Crippen LogP contribution in [0.5, 0.6) is 0 Å². The molecule has 0 saturated carbocycles. The van der Waals surface area contributed by atoms with Crippen molar-refractivity contribution in [3.63, 3.8) is 0 Å². The number of hydrogen-bond donors (Lipinski definition) is 0. The predicted octanol–water partition coefficient (Wildman–Crippen LogP) is 1.90. The molecule has 3 unspecified atom stereocenters. The highest BCUT2D eigenvalue weighted by Crippen LogP contribution is 2.28. The number of likely N-dealkylation sites (N-methyl/N-ethyl adjacent to an activating group) is 1. The molecule has 5 heteroatoms. The predicted molar refractivity (Wildman–Crippen MR) is 47.0 cm³/mol. The Morgan fingerprint density at radius 2 is 1.93 bits per heavy atom. The maximum atomic E-state index is 13.6. The fourth-order valence-corrected chi connectivity index (χ4v) is 2.10. The molecule has 1 rings (SSSR count). The molecular weight excluding hydrogens is 195 g/mol. The summed E-state index contributed by atoms with van der Waals surface area (Å²) in [5.74, 6) is 0.0984. The lowest BCUT2D eigenvalue weighted by Crippen LogP contribution is -2.36. The molecule has 0 aromatic heterocycles. The van der Waals surface area contributed by atoms with Crippen molar-refractivity contribution >= 4 is 0 Å². The summed E-state index contributed by atoms with van der Waals surface area (Å²) in [4.78, 5) is 1.74. The van der Waals surface area contributed by atoms with Gasteiger partial charge >= 0.3 is 6.61 Å². The van der Waals surface area contributed by atoms with Crippen LogP contribution in [-0.4, -0.2) is 43.4 Å². The van der Waals surface area contributed by atoms with E-state index in [9.17, 15) is 13.2 Å². The highest BCUT2D eigenvalue weighted by molar-refractivity contribution is 4.94. The van der Waals surface area contributed by atoms with Crippen molar-refractivity contribution in [3.8, 4) is 0 Å². The van der Waals surface area contributed by atoms with Crippen LogP contribution < -0.4 is 0 Å². The number of hydrogen-bond acceptors (Lipinski definition) is 2. The van der Waals surface area contributed by atoms with Crippen molar-refractivity contribution in [1.29, 1.82) is 0 Å². The molecular formula is C9H16F3NO. The molecule has 14 heavy (non-hydrogen) atoms. The molecule has 0 amide bonds. The summed E-state index contributed by atoms with van der Waals surface area (Å²) in [7, 11) is 1.73. The Bertz CT molecular complexity index is 189. The number of nitrogens with zero attached hydrogens (tertiary/aromatic N) is 1. The van der Waals surface area contributed by atoms with E-state index < -0.39 is 18.9 Å². The van der Waals surface area contributed by atoms with Crippen molar-refractivity contribution < 1.29 is 17.9 Å². The van der Waals surface area contributed by atoms with Crippen molar-refractivity contribution in [2.75, 3.05) is 13.6 Å². The lowest BCUT2D eigenvalue weighted by atomic mass is 10.00. The number of ether oxygens (including phenoxy) is 1. The molecule has 84 valence electrons. The quantitative estimate of drug-likeness (QED) is 0.707. The zero-order valence-electron chi connectivity index (χ0n) is 8.58. The molecule has 1 aliphatic heterocycles. The van der Waals surface area contributed by atoms with Gasteiger partial charge in [0.25, 0.3) is 0 Å². The molecule has 0 bridgehead atoms. The van der Waals surface area contributed by atoms with Crippen LogP contribution in [0.1, 0.15) is 13.8 Å². The molecule has 1 fully saturated rings. The third kappa shape index (κ3) is 2.39. The van der Waals surface area contributed by atoms with Crippen molar-refractivity contribution in [1.82, 2.24) is 4.90 Å². The molecule has 2 nitrogen and oxygen atoms in total. The first-order valence-corrected chi connectivity index (χ1v) is 4.71. The molecule has 3 atom stereocenters. The molecule has 0 radical (unpaired) electrons. The van der Waals surface area contributed by atoms with Gasteiger partial charge in [-0.25, -0.2) is 4.39 Å². The Morgan fingerprint density at radius 3 is 2.29 bits per heavy atom. The van der Waals surface area contributed by atoms with Gasteiger partial charge in [0, 0.05) is 12.6 Å². The second-order valence-electron chi connectivity index (χ2n) is 4.05. The minimum atomic E-state index is -2.89. The molecule has 1 heterocycles. The van der Waals surface area contributed by atoms with Crippen LogP contribution >= 0.6 is 0 Å². The summed E-state index contributed by atoms with van der Waals surface area (Å²) in [5.41, 5.74) is 0. The first-order valence-electron chi connectivity index (χ1n) is 4.71. The van der Waals surface area contributed by atoms with E-state index in [0.717, 1.165) is 0 Å². The lowest BCUT2D eigenvalue weighted by molar-refractivity contribution is -0.170. The third-order valence-electron chi connectivity index (χ3n) is 2.62. The molecule has 1 aliphatic rings. The third-order valence-corrected chi connectivity index (χ3v) is 2.62. The maximum absolute atomic E-state index is 13.6. The SMILES string of the molecule is CC(C)C1C(F)C(OC(F)F)CN1C.